The molecule has 0 unspecified atom stereocenters. The van der Waals surface area contributed by atoms with Gasteiger partial charge in [0.05, 0.1) is 50.9 Å². The van der Waals surface area contributed by atoms with Gasteiger partial charge in [0.15, 0.2) is 0 Å². The van der Waals surface area contributed by atoms with E-state index in [4.69, 9.17) is 14.2 Å². The summed E-state index contributed by atoms with van der Waals surface area (Å²) in [5, 5.41) is 0. The predicted octanol–water partition coefficient (Wildman–Crippen LogP) is 10.5. The van der Waals surface area contributed by atoms with Gasteiger partial charge in [-0.05, 0) is 89.5 Å². The third kappa shape index (κ3) is 11.9. The first-order chi connectivity index (χ1) is 34.4. The van der Waals surface area contributed by atoms with Gasteiger partial charge in [-0.2, -0.15) is 0 Å². The second kappa shape index (κ2) is 22.6. The lowest BCUT2D eigenvalue weighted by molar-refractivity contribution is -0.0123. The fourth-order valence-electron chi connectivity index (χ4n) is 7.70. The van der Waals surface area contributed by atoms with Gasteiger partial charge in [-0.3, -0.25) is 34.8 Å². The monoisotopic (exact) mass is 923 g/mol. The van der Waals surface area contributed by atoms with E-state index < -0.39 is 36.2 Å². The Morgan fingerprint density at radius 3 is 0.843 bits per heavy atom. The molecule has 0 aliphatic rings. The third-order valence-electron chi connectivity index (χ3n) is 11.3. The molecular formula is C57H45N7O6. The average molecular weight is 924 g/mol. The number of aromatic nitrogens is 6. The first-order valence-corrected chi connectivity index (χ1v) is 22.6. The molecule has 0 saturated carbocycles. The van der Waals surface area contributed by atoms with Gasteiger partial charge in [-0.15, -0.1) is 0 Å². The minimum absolute atomic E-state index is 0.0810. The molecule has 0 amide bonds. The molecule has 0 radical (unpaired) electrons. The molecule has 0 aliphatic carbocycles. The van der Waals surface area contributed by atoms with Crippen molar-refractivity contribution >= 4 is 17.9 Å². The van der Waals surface area contributed by atoms with E-state index in [-0.39, 0.29) is 36.3 Å². The van der Waals surface area contributed by atoms with Crippen LogP contribution in [0, 0.1) is 0 Å². The van der Waals surface area contributed by atoms with Crippen molar-refractivity contribution in [1.82, 2.24) is 34.8 Å². The molecule has 0 spiro atoms. The molecule has 9 rings (SSSR count). The van der Waals surface area contributed by atoms with E-state index in [0.717, 1.165) is 0 Å². The van der Waals surface area contributed by atoms with Gasteiger partial charge in [0.1, 0.15) is 18.3 Å². The fourth-order valence-corrected chi connectivity index (χ4v) is 7.70. The largest absolute Gasteiger partial charge is 0.452 e. The Balaban J connectivity index is 1.04. The number of hydrogen-bond acceptors (Lipinski definition) is 13. The van der Waals surface area contributed by atoms with Gasteiger partial charge in [-0.25, -0.2) is 14.4 Å². The van der Waals surface area contributed by atoms with Crippen molar-refractivity contribution in [2.45, 2.75) is 18.3 Å². The standard InChI is InChI=1S/C57H45N7O6/c65-55(43-25-28-49(61-34-43)46-22-10-13-31-58-46)68-52(40-16-4-1-5-17-40)37-64(38-53(41-18-6-2-7-19-41)69-56(66)44-26-29-50(62-35-44)47-23-11-14-32-59-47)39-54(42-20-8-3-9-21-42)70-57(67)45-27-30-51(63-36-45)48-24-12-15-33-60-48/h1-36,52-54H,37-39H2/t52-,53-,54-/m0/s1. The zero-order valence-corrected chi connectivity index (χ0v) is 37.7. The van der Waals surface area contributed by atoms with E-state index in [1.165, 1.54) is 18.6 Å². The molecule has 9 aromatic rings. The first kappa shape index (κ1) is 46.1. The Kier molecular flexibility index (Phi) is 14.9. The summed E-state index contributed by atoms with van der Waals surface area (Å²) in [4.78, 5) is 71.0. The van der Waals surface area contributed by atoms with Gasteiger partial charge >= 0.3 is 17.9 Å². The van der Waals surface area contributed by atoms with E-state index in [2.05, 4.69) is 29.9 Å². The van der Waals surface area contributed by atoms with E-state index in [9.17, 15) is 14.4 Å². The lowest BCUT2D eigenvalue weighted by atomic mass is 10.0. The Bertz CT molecular complexity index is 2750. The molecule has 344 valence electrons. The number of hydrogen-bond donors (Lipinski definition) is 0. The number of carbonyl (C=O) groups is 3. The highest BCUT2D eigenvalue weighted by atomic mass is 16.6. The number of ether oxygens (including phenoxy) is 3. The Morgan fingerprint density at radius 2 is 0.600 bits per heavy atom. The summed E-state index contributed by atoms with van der Waals surface area (Å²) in [5.74, 6) is -1.81. The lowest BCUT2D eigenvalue weighted by Crippen LogP contribution is -2.39. The molecule has 0 aliphatic heterocycles. The highest BCUT2D eigenvalue weighted by Gasteiger charge is 2.30. The molecule has 0 bridgehead atoms. The van der Waals surface area contributed by atoms with Crippen LogP contribution in [0.1, 0.15) is 66.1 Å². The van der Waals surface area contributed by atoms with E-state index in [1.54, 1.807) is 55.0 Å². The normalized spacial score (nSPS) is 12.3. The minimum Gasteiger partial charge on any atom is -0.452 e. The molecule has 6 aromatic heterocycles. The van der Waals surface area contributed by atoms with Crippen LogP contribution in [0.3, 0.4) is 0 Å². The van der Waals surface area contributed by atoms with Gasteiger partial charge in [0.2, 0.25) is 0 Å². The van der Waals surface area contributed by atoms with Crippen LogP contribution in [0.25, 0.3) is 34.2 Å². The van der Waals surface area contributed by atoms with Crippen LogP contribution in [0.5, 0.6) is 0 Å². The summed E-state index contributed by atoms with van der Waals surface area (Å²) in [7, 11) is 0. The van der Waals surface area contributed by atoms with Gasteiger partial charge in [0.25, 0.3) is 0 Å². The summed E-state index contributed by atoms with van der Waals surface area (Å²) < 4.78 is 19.2. The number of rotatable bonds is 18. The van der Waals surface area contributed by atoms with Crippen LogP contribution in [0.4, 0.5) is 0 Å². The minimum atomic E-state index is -0.866. The summed E-state index contributed by atoms with van der Waals surface area (Å²) in [5.41, 5.74) is 6.64. The molecule has 3 atom stereocenters. The maximum absolute atomic E-state index is 14.1. The summed E-state index contributed by atoms with van der Waals surface area (Å²) >= 11 is 0. The fraction of sp³-hybridized carbons (Fsp3) is 0.105. The maximum Gasteiger partial charge on any atom is 0.340 e. The SMILES string of the molecule is O=C(O[C@@H](CN(C[C@H](OC(=O)c1ccc(-c2ccccn2)nc1)c1ccccc1)C[C@H](OC(=O)c1ccc(-c2ccccn2)nc1)c1ccccc1)c1ccccc1)c1ccc(-c2ccccn2)nc1. The van der Waals surface area contributed by atoms with Gasteiger partial charge < -0.3 is 14.2 Å². The third-order valence-corrected chi connectivity index (χ3v) is 11.3. The summed E-state index contributed by atoms with van der Waals surface area (Å²) in [6, 6.07) is 54.9. The maximum atomic E-state index is 14.1. The van der Waals surface area contributed by atoms with Crippen molar-refractivity contribution in [2.75, 3.05) is 19.6 Å². The van der Waals surface area contributed by atoms with Crippen molar-refractivity contribution in [1.29, 1.82) is 0 Å². The molecular weight excluding hydrogens is 879 g/mol. The number of nitrogens with zero attached hydrogens (tertiary/aromatic N) is 7. The number of benzene rings is 3. The Labute approximate surface area is 404 Å². The number of pyridine rings is 6. The molecule has 70 heavy (non-hydrogen) atoms. The van der Waals surface area contributed by atoms with Gasteiger partial charge in [-0.1, -0.05) is 109 Å². The van der Waals surface area contributed by atoms with E-state index in [0.29, 0.717) is 50.9 Å². The molecule has 3 aromatic carbocycles. The summed E-state index contributed by atoms with van der Waals surface area (Å²) in [6.45, 7) is 0.243. The summed E-state index contributed by atoms with van der Waals surface area (Å²) in [6.07, 6.45) is 6.85. The second-order valence-corrected chi connectivity index (χ2v) is 16.1. The zero-order chi connectivity index (χ0) is 47.9. The number of esters is 3. The van der Waals surface area contributed by atoms with Crippen molar-refractivity contribution < 1.29 is 28.6 Å². The van der Waals surface area contributed by atoms with Crippen molar-refractivity contribution in [3.63, 3.8) is 0 Å². The second-order valence-electron chi connectivity index (χ2n) is 16.1. The van der Waals surface area contributed by atoms with Crippen molar-refractivity contribution in [2.24, 2.45) is 0 Å². The highest BCUT2D eigenvalue weighted by Crippen LogP contribution is 2.30. The molecule has 0 saturated heterocycles. The molecule has 0 fully saturated rings. The van der Waals surface area contributed by atoms with Crippen molar-refractivity contribution in [3.05, 3.63) is 253 Å². The Morgan fingerprint density at radius 1 is 0.329 bits per heavy atom. The highest BCUT2D eigenvalue weighted by molar-refractivity contribution is 5.90. The van der Waals surface area contributed by atoms with Crippen LogP contribution >= 0.6 is 0 Å². The van der Waals surface area contributed by atoms with Crippen molar-refractivity contribution in [3.8, 4) is 34.2 Å². The zero-order valence-electron chi connectivity index (χ0n) is 37.7. The van der Waals surface area contributed by atoms with Crippen LogP contribution in [0.2, 0.25) is 0 Å². The van der Waals surface area contributed by atoms with E-state index in [1.807, 2.05) is 150 Å². The lowest BCUT2D eigenvalue weighted by Gasteiger charge is -2.33. The molecule has 6 heterocycles. The number of carbonyl (C=O) groups excluding carboxylic acids is 3. The predicted molar refractivity (Wildman–Crippen MR) is 263 cm³/mol. The van der Waals surface area contributed by atoms with E-state index >= 15 is 0 Å². The molecule has 13 heteroatoms. The molecule has 13 nitrogen and oxygen atoms in total. The van der Waals surface area contributed by atoms with Gasteiger partial charge in [0, 0.05) is 56.8 Å². The first-order valence-electron chi connectivity index (χ1n) is 22.6. The topological polar surface area (TPSA) is 159 Å². The smallest absolute Gasteiger partial charge is 0.340 e. The quantitative estimate of drug-likeness (QED) is 0.0591. The van der Waals surface area contributed by atoms with Crippen LogP contribution in [0.15, 0.2) is 219 Å². The van der Waals surface area contributed by atoms with Crippen LogP contribution < -0.4 is 0 Å². The average Bonchev–Trinajstić information content (AvgIpc) is 3.44. The van der Waals surface area contributed by atoms with Crippen LogP contribution in [-0.2, 0) is 14.2 Å². The van der Waals surface area contributed by atoms with Crippen LogP contribution in [-0.4, -0.2) is 72.3 Å². The molecule has 0 N–H and O–H groups in total. The Hall–Kier alpha value is -9.07.